The molecule has 120 valence electrons. The second kappa shape index (κ2) is 8.93. The van der Waals surface area contributed by atoms with E-state index in [0.29, 0.717) is 5.70 Å². The van der Waals surface area contributed by atoms with Gasteiger partial charge in [0, 0.05) is 0 Å². The zero-order valence-electron chi connectivity index (χ0n) is 13.7. The SMILES string of the molecule is C/C=C\OC(C)NC(=C(\N)c1ccc(F)cc1)/C(C)=C/CC. The fourth-order valence-corrected chi connectivity index (χ4v) is 2.02. The van der Waals surface area contributed by atoms with Gasteiger partial charge in [-0.1, -0.05) is 19.1 Å². The Kier molecular flexibility index (Phi) is 7.23. The van der Waals surface area contributed by atoms with Crippen LogP contribution in [0.4, 0.5) is 4.39 Å². The van der Waals surface area contributed by atoms with Crippen LogP contribution in [0.2, 0.25) is 0 Å². The number of nitrogens with two attached hydrogens (primary N) is 1. The van der Waals surface area contributed by atoms with E-state index in [4.69, 9.17) is 10.5 Å². The Hall–Kier alpha value is -2.23. The maximum atomic E-state index is 13.1. The van der Waals surface area contributed by atoms with Crippen molar-refractivity contribution in [1.82, 2.24) is 5.32 Å². The quantitative estimate of drug-likeness (QED) is 0.448. The van der Waals surface area contributed by atoms with Crippen LogP contribution in [0.5, 0.6) is 0 Å². The van der Waals surface area contributed by atoms with E-state index in [1.165, 1.54) is 12.1 Å². The van der Waals surface area contributed by atoms with Gasteiger partial charge in [0.25, 0.3) is 0 Å². The summed E-state index contributed by atoms with van der Waals surface area (Å²) in [6, 6.07) is 6.14. The summed E-state index contributed by atoms with van der Waals surface area (Å²) in [5.74, 6) is -0.281. The molecule has 1 rings (SSSR count). The third-order valence-electron chi connectivity index (χ3n) is 3.10. The molecule has 0 saturated carbocycles. The zero-order chi connectivity index (χ0) is 16.5. The molecule has 0 aliphatic heterocycles. The van der Waals surface area contributed by atoms with Crippen LogP contribution in [-0.4, -0.2) is 6.23 Å². The van der Waals surface area contributed by atoms with Gasteiger partial charge in [-0.2, -0.15) is 0 Å². The Balaban J connectivity index is 3.14. The maximum absolute atomic E-state index is 13.1. The number of benzene rings is 1. The molecule has 0 bridgehead atoms. The molecule has 0 spiro atoms. The molecule has 22 heavy (non-hydrogen) atoms. The molecule has 1 aromatic carbocycles. The van der Waals surface area contributed by atoms with Crippen molar-refractivity contribution in [3.05, 3.63) is 65.3 Å². The van der Waals surface area contributed by atoms with Gasteiger partial charge in [-0.25, -0.2) is 4.39 Å². The summed E-state index contributed by atoms with van der Waals surface area (Å²) in [6.45, 7) is 7.84. The highest BCUT2D eigenvalue weighted by molar-refractivity contribution is 5.69. The molecule has 1 aromatic rings. The van der Waals surface area contributed by atoms with Gasteiger partial charge in [-0.3, -0.25) is 0 Å². The third kappa shape index (κ3) is 5.28. The molecule has 0 heterocycles. The molecule has 3 N–H and O–H groups in total. The molecule has 0 saturated heterocycles. The summed E-state index contributed by atoms with van der Waals surface area (Å²) in [5.41, 5.74) is 9.44. The monoisotopic (exact) mass is 304 g/mol. The molecule has 3 nitrogen and oxygen atoms in total. The highest BCUT2D eigenvalue weighted by Crippen LogP contribution is 2.19. The Labute approximate surface area is 132 Å². The lowest BCUT2D eigenvalue weighted by atomic mass is 10.1. The van der Waals surface area contributed by atoms with Crippen molar-refractivity contribution in [3.63, 3.8) is 0 Å². The first-order chi connectivity index (χ1) is 10.5. The standard InChI is InChI=1S/C18H25FN2O/c1-5-7-13(3)18(21-14(4)22-12-6-2)17(20)15-8-10-16(19)11-9-15/h6-12,14,21H,5,20H2,1-4H3/b12-6-,13-7+,18-17-. The lowest BCUT2D eigenvalue weighted by Crippen LogP contribution is -2.29. The van der Waals surface area contributed by atoms with Crippen LogP contribution < -0.4 is 11.1 Å². The average molecular weight is 304 g/mol. The summed E-state index contributed by atoms with van der Waals surface area (Å²) >= 11 is 0. The molecule has 1 atom stereocenters. The summed E-state index contributed by atoms with van der Waals surface area (Å²) in [4.78, 5) is 0. The molecular formula is C18H25FN2O. The Morgan fingerprint density at radius 1 is 1.36 bits per heavy atom. The fraction of sp³-hybridized carbons (Fsp3) is 0.333. The van der Waals surface area contributed by atoms with Crippen LogP contribution in [0.15, 0.2) is 53.9 Å². The van der Waals surface area contributed by atoms with Crippen molar-refractivity contribution < 1.29 is 9.13 Å². The molecule has 1 unspecified atom stereocenters. The second-order valence-corrected chi connectivity index (χ2v) is 4.98. The second-order valence-electron chi connectivity index (χ2n) is 4.98. The lowest BCUT2D eigenvalue weighted by molar-refractivity contribution is 0.139. The molecule has 0 aliphatic carbocycles. The molecular weight excluding hydrogens is 279 g/mol. The highest BCUT2D eigenvalue weighted by Gasteiger charge is 2.11. The van der Waals surface area contributed by atoms with E-state index in [2.05, 4.69) is 18.3 Å². The van der Waals surface area contributed by atoms with Crippen LogP contribution in [0.25, 0.3) is 5.70 Å². The van der Waals surface area contributed by atoms with Crippen molar-refractivity contribution in [2.75, 3.05) is 0 Å². The van der Waals surface area contributed by atoms with Crippen LogP contribution in [0.1, 0.15) is 39.7 Å². The highest BCUT2D eigenvalue weighted by atomic mass is 19.1. The minimum Gasteiger partial charge on any atom is -0.479 e. The molecule has 4 heteroatoms. The minimum atomic E-state index is -0.281. The van der Waals surface area contributed by atoms with Gasteiger partial charge in [0.15, 0.2) is 6.23 Å². The predicted molar refractivity (Wildman–Crippen MR) is 90.1 cm³/mol. The maximum Gasteiger partial charge on any atom is 0.166 e. The average Bonchev–Trinajstić information content (AvgIpc) is 2.50. The van der Waals surface area contributed by atoms with Crippen LogP contribution >= 0.6 is 0 Å². The third-order valence-corrected chi connectivity index (χ3v) is 3.10. The molecule has 0 amide bonds. The summed E-state index contributed by atoms with van der Waals surface area (Å²) in [6.07, 6.45) is 6.20. The van der Waals surface area contributed by atoms with Gasteiger partial charge in [0.1, 0.15) is 5.82 Å². The van der Waals surface area contributed by atoms with E-state index >= 15 is 0 Å². The number of rotatable bonds is 7. The minimum absolute atomic E-state index is 0.231. The topological polar surface area (TPSA) is 47.3 Å². The van der Waals surface area contributed by atoms with Gasteiger partial charge < -0.3 is 15.8 Å². The summed E-state index contributed by atoms with van der Waals surface area (Å²) in [7, 11) is 0. The smallest absolute Gasteiger partial charge is 0.166 e. The van der Waals surface area contributed by atoms with Crippen molar-refractivity contribution in [2.24, 2.45) is 5.73 Å². The summed E-state index contributed by atoms with van der Waals surface area (Å²) < 4.78 is 18.6. The molecule has 0 radical (unpaired) electrons. The van der Waals surface area contributed by atoms with Gasteiger partial charge >= 0.3 is 0 Å². The Morgan fingerprint density at radius 3 is 2.55 bits per heavy atom. The van der Waals surface area contributed by atoms with E-state index in [1.807, 2.05) is 26.8 Å². The predicted octanol–water partition coefficient (Wildman–Crippen LogP) is 4.30. The van der Waals surface area contributed by atoms with E-state index in [9.17, 15) is 4.39 Å². The van der Waals surface area contributed by atoms with Crippen molar-refractivity contribution in [3.8, 4) is 0 Å². The van der Waals surface area contributed by atoms with E-state index in [0.717, 1.165) is 23.3 Å². The molecule has 0 fully saturated rings. The first-order valence-corrected chi connectivity index (χ1v) is 7.45. The van der Waals surface area contributed by atoms with Crippen molar-refractivity contribution in [2.45, 2.75) is 40.3 Å². The van der Waals surface area contributed by atoms with Gasteiger partial charge in [-0.15, -0.1) is 0 Å². The number of allylic oxidation sites excluding steroid dienone is 3. The number of hydrogen-bond acceptors (Lipinski definition) is 3. The van der Waals surface area contributed by atoms with E-state index < -0.39 is 0 Å². The van der Waals surface area contributed by atoms with E-state index in [-0.39, 0.29) is 12.0 Å². The van der Waals surface area contributed by atoms with Crippen LogP contribution in [-0.2, 0) is 4.74 Å². The number of nitrogens with one attached hydrogen (secondary N) is 1. The Morgan fingerprint density at radius 2 is 2.00 bits per heavy atom. The summed E-state index contributed by atoms with van der Waals surface area (Å²) in [5, 5.41) is 3.27. The van der Waals surface area contributed by atoms with Gasteiger partial charge in [0.2, 0.25) is 0 Å². The van der Waals surface area contributed by atoms with Gasteiger partial charge in [0.05, 0.1) is 17.7 Å². The normalized spacial score (nSPS) is 14.7. The lowest BCUT2D eigenvalue weighted by Gasteiger charge is -2.20. The number of hydrogen-bond donors (Lipinski definition) is 2. The molecule has 0 aromatic heterocycles. The van der Waals surface area contributed by atoms with Gasteiger partial charge in [-0.05, 0) is 62.6 Å². The van der Waals surface area contributed by atoms with Crippen molar-refractivity contribution in [1.29, 1.82) is 0 Å². The van der Waals surface area contributed by atoms with Crippen LogP contribution in [0.3, 0.4) is 0 Å². The largest absolute Gasteiger partial charge is 0.479 e. The first kappa shape index (κ1) is 17.8. The number of halogens is 1. The Bertz CT molecular complexity index is 559. The molecule has 0 aliphatic rings. The first-order valence-electron chi connectivity index (χ1n) is 7.45. The zero-order valence-corrected chi connectivity index (χ0v) is 13.7. The van der Waals surface area contributed by atoms with E-state index in [1.54, 1.807) is 18.4 Å². The van der Waals surface area contributed by atoms with Crippen molar-refractivity contribution >= 4 is 5.70 Å². The number of ether oxygens (including phenoxy) is 1. The van der Waals surface area contributed by atoms with Crippen LogP contribution in [0, 0.1) is 5.82 Å². The fourth-order valence-electron chi connectivity index (χ4n) is 2.02.